The van der Waals surface area contributed by atoms with Gasteiger partial charge in [-0.3, -0.25) is 15.1 Å². The fourth-order valence-corrected chi connectivity index (χ4v) is 1.55. The van der Waals surface area contributed by atoms with Crippen LogP contribution in [0.2, 0.25) is 0 Å². The average molecular weight is 214 g/mol. The zero-order chi connectivity index (χ0) is 11.4. The molecule has 2 rings (SSSR count). The van der Waals surface area contributed by atoms with E-state index in [1.807, 2.05) is 30.3 Å². The number of benzene rings is 1. The van der Waals surface area contributed by atoms with Crippen LogP contribution < -0.4 is 0 Å². The molecule has 2 aromatic rings. The molecule has 1 heterocycles. The molecule has 80 valence electrons. The summed E-state index contributed by atoms with van der Waals surface area (Å²) in [5.74, 6) is 0. The first kappa shape index (κ1) is 10.3. The van der Waals surface area contributed by atoms with Crippen LogP contribution in [0.15, 0.2) is 48.8 Å². The van der Waals surface area contributed by atoms with Gasteiger partial charge in [-0.2, -0.15) is 0 Å². The highest BCUT2D eigenvalue weighted by Crippen LogP contribution is 2.19. The maximum absolute atomic E-state index is 10.8. The van der Waals surface area contributed by atoms with E-state index in [9.17, 15) is 10.1 Å². The average Bonchev–Trinajstić information content (AvgIpc) is 2.31. The molecule has 0 saturated heterocycles. The minimum atomic E-state index is -0.375. The monoisotopic (exact) mass is 214 g/mol. The van der Waals surface area contributed by atoms with Crippen LogP contribution in [0.1, 0.15) is 11.1 Å². The van der Waals surface area contributed by atoms with E-state index in [4.69, 9.17) is 0 Å². The molecule has 0 aliphatic carbocycles. The summed E-state index contributed by atoms with van der Waals surface area (Å²) in [6, 6.07) is 11.1. The Morgan fingerprint density at radius 1 is 1.19 bits per heavy atom. The Bertz CT molecular complexity index is 497. The van der Waals surface area contributed by atoms with E-state index in [1.54, 1.807) is 6.20 Å². The second-order valence-electron chi connectivity index (χ2n) is 3.42. The number of rotatable bonds is 3. The summed E-state index contributed by atoms with van der Waals surface area (Å²) < 4.78 is 0. The van der Waals surface area contributed by atoms with Gasteiger partial charge in [-0.1, -0.05) is 30.3 Å². The third-order valence-corrected chi connectivity index (χ3v) is 2.31. The first-order valence-corrected chi connectivity index (χ1v) is 4.88. The van der Waals surface area contributed by atoms with Gasteiger partial charge >= 0.3 is 0 Å². The van der Waals surface area contributed by atoms with Crippen molar-refractivity contribution in [2.45, 2.75) is 6.42 Å². The Morgan fingerprint density at radius 2 is 1.94 bits per heavy atom. The van der Waals surface area contributed by atoms with Gasteiger partial charge in [-0.25, -0.2) is 0 Å². The second-order valence-corrected chi connectivity index (χ2v) is 3.42. The van der Waals surface area contributed by atoms with Crippen molar-refractivity contribution < 1.29 is 4.92 Å². The topological polar surface area (TPSA) is 56.0 Å². The lowest BCUT2D eigenvalue weighted by molar-refractivity contribution is -0.385. The summed E-state index contributed by atoms with van der Waals surface area (Å²) in [4.78, 5) is 14.3. The molecule has 0 radical (unpaired) electrons. The fraction of sp³-hybridized carbons (Fsp3) is 0.0833. The van der Waals surface area contributed by atoms with E-state index < -0.39 is 0 Å². The lowest BCUT2D eigenvalue weighted by Crippen LogP contribution is -1.97. The molecule has 0 amide bonds. The van der Waals surface area contributed by atoms with Gasteiger partial charge in [0, 0.05) is 24.9 Å². The number of hydrogen-bond acceptors (Lipinski definition) is 3. The van der Waals surface area contributed by atoms with E-state index in [-0.39, 0.29) is 10.6 Å². The second kappa shape index (κ2) is 4.53. The number of pyridine rings is 1. The van der Waals surface area contributed by atoms with E-state index >= 15 is 0 Å². The molecule has 0 atom stereocenters. The highest BCUT2D eigenvalue weighted by molar-refractivity contribution is 5.40. The van der Waals surface area contributed by atoms with Crippen LogP contribution in [-0.4, -0.2) is 9.91 Å². The van der Waals surface area contributed by atoms with Gasteiger partial charge in [0.1, 0.15) is 0 Å². The van der Waals surface area contributed by atoms with Gasteiger partial charge in [-0.15, -0.1) is 0 Å². The van der Waals surface area contributed by atoms with Crippen LogP contribution in [0.3, 0.4) is 0 Å². The van der Waals surface area contributed by atoms with Crippen molar-refractivity contribution >= 4 is 5.69 Å². The number of nitro groups is 1. The van der Waals surface area contributed by atoms with Crippen molar-refractivity contribution in [2.75, 3.05) is 0 Å². The molecule has 1 aromatic carbocycles. The maximum atomic E-state index is 10.8. The minimum Gasteiger partial charge on any atom is -0.264 e. The van der Waals surface area contributed by atoms with Gasteiger partial charge in [0.05, 0.1) is 10.5 Å². The SMILES string of the molecule is O=[N+]([O-])c1ccncc1Cc1ccccc1. The van der Waals surface area contributed by atoms with Crippen molar-refractivity contribution in [1.82, 2.24) is 4.98 Å². The normalized spacial score (nSPS) is 10.0. The molecule has 0 aliphatic rings. The zero-order valence-corrected chi connectivity index (χ0v) is 8.54. The van der Waals surface area contributed by atoms with Crippen LogP contribution in [0, 0.1) is 10.1 Å². The minimum absolute atomic E-state index is 0.124. The van der Waals surface area contributed by atoms with Crippen LogP contribution in [0.4, 0.5) is 5.69 Å². The van der Waals surface area contributed by atoms with Crippen molar-refractivity contribution in [3.8, 4) is 0 Å². The van der Waals surface area contributed by atoms with Gasteiger partial charge < -0.3 is 0 Å². The van der Waals surface area contributed by atoms with Crippen LogP contribution >= 0.6 is 0 Å². The predicted octanol–water partition coefficient (Wildman–Crippen LogP) is 2.58. The van der Waals surface area contributed by atoms with Crippen LogP contribution in [-0.2, 0) is 6.42 Å². The Hall–Kier alpha value is -2.23. The first-order chi connectivity index (χ1) is 7.77. The molecule has 4 nitrogen and oxygen atoms in total. The molecular weight excluding hydrogens is 204 g/mol. The molecule has 0 saturated carbocycles. The van der Waals surface area contributed by atoms with E-state index in [2.05, 4.69) is 4.98 Å². The summed E-state index contributed by atoms with van der Waals surface area (Å²) in [6.45, 7) is 0. The molecule has 0 unspecified atom stereocenters. The summed E-state index contributed by atoms with van der Waals surface area (Å²) >= 11 is 0. The van der Waals surface area contributed by atoms with Gasteiger partial charge in [0.2, 0.25) is 0 Å². The van der Waals surface area contributed by atoms with Crippen molar-refractivity contribution in [3.63, 3.8) is 0 Å². The summed E-state index contributed by atoms with van der Waals surface area (Å²) in [5, 5.41) is 10.8. The Balaban J connectivity index is 2.31. The highest BCUT2D eigenvalue weighted by atomic mass is 16.6. The standard InChI is InChI=1S/C12H10N2O2/c15-14(16)12-6-7-13-9-11(12)8-10-4-2-1-3-5-10/h1-7,9H,8H2. The highest BCUT2D eigenvalue weighted by Gasteiger charge is 2.12. The molecule has 1 aromatic heterocycles. The van der Waals surface area contributed by atoms with Gasteiger partial charge in [0.15, 0.2) is 0 Å². The lowest BCUT2D eigenvalue weighted by atomic mass is 10.1. The van der Waals surface area contributed by atoms with Gasteiger partial charge in [-0.05, 0) is 5.56 Å². The van der Waals surface area contributed by atoms with Crippen LogP contribution in [0.5, 0.6) is 0 Å². The Kier molecular flexibility index (Phi) is 2.91. The molecular formula is C12H10N2O2. The first-order valence-electron chi connectivity index (χ1n) is 4.88. The number of aromatic nitrogens is 1. The molecule has 0 N–H and O–H groups in total. The summed E-state index contributed by atoms with van der Waals surface area (Å²) in [5.41, 5.74) is 1.80. The molecule has 0 spiro atoms. The predicted molar refractivity (Wildman–Crippen MR) is 60.1 cm³/mol. The molecule has 0 bridgehead atoms. The molecule has 0 aliphatic heterocycles. The summed E-state index contributed by atoms with van der Waals surface area (Å²) in [6.07, 6.45) is 3.52. The molecule has 16 heavy (non-hydrogen) atoms. The largest absolute Gasteiger partial charge is 0.276 e. The van der Waals surface area contributed by atoms with Crippen molar-refractivity contribution in [2.24, 2.45) is 0 Å². The third-order valence-electron chi connectivity index (χ3n) is 2.31. The molecule has 0 fully saturated rings. The third kappa shape index (κ3) is 2.23. The quantitative estimate of drug-likeness (QED) is 0.582. The zero-order valence-electron chi connectivity index (χ0n) is 8.54. The van der Waals surface area contributed by atoms with Crippen molar-refractivity contribution in [1.29, 1.82) is 0 Å². The number of nitrogens with zero attached hydrogens (tertiary/aromatic N) is 2. The van der Waals surface area contributed by atoms with E-state index in [0.717, 1.165) is 5.56 Å². The lowest BCUT2D eigenvalue weighted by Gasteiger charge is -2.01. The number of hydrogen-bond donors (Lipinski definition) is 0. The molecule has 4 heteroatoms. The van der Waals surface area contributed by atoms with Crippen molar-refractivity contribution in [3.05, 3.63) is 70.0 Å². The maximum Gasteiger partial charge on any atom is 0.276 e. The summed E-state index contributed by atoms with van der Waals surface area (Å²) in [7, 11) is 0. The Labute approximate surface area is 92.7 Å². The van der Waals surface area contributed by atoms with Gasteiger partial charge in [0.25, 0.3) is 5.69 Å². The Morgan fingerprint density at radius 3 is 2.62 bits per heavy atom. The van der Waals surface area contributed by atoms with E-state index in [0.29, 0.717) is 12.0 Å². The van der Waals surface area contributed by atoms with Crippen LogP contribution in [0.25, 0.3) is 0 Å². The smallest absolute Gasteiger partial charge is 0.264 e. The fourth-order valence-electron chi connectivity index (χ4n) is 1.55. The van der Waals surface area contributed by atoms with E-state index in [1.165, 1.54) is 12.3 Å².